The Kier molecular flexibility index (Phi) is 5.27. The van der Waals surface area contributed by atoms with E-state index < -0.39 is 0 Å². The first-order valence-electron chi connectivity index (χ1n) is 10.3. The number of hydrogen-bond acceptors (Lipinski definition) is 5. The molecule has 30 heavy (non-hydrogen) atoms. The molecule has 0 unspecified atom stereocenters. The van der Waals surface area contributed by atoms with Crippen molar-refractivity contribution in [3.05, 3.63) is 79.0 Å². The Hall–Kier alpha value is -3.44. The van der Waals surface area contributed by atoms with Crippen LogP contribution < -0.4 is 10.1 Å². The SMILES string of the molecule is c1ccc(-c2cccc3cnc(Nc4ccc(OC5CCOCC5)cc4)nc23)cc1. The first kappa shape index (κ1) is 18.6. The number of ether oxygens (including phenoxy) is 2. The van der Waals surface area contributed by atoms with Crippen LogP contribution in [0.3, 0.4) is 0 Å². The molecule has 1 aromatic heterocycles. The Morgan fingerprint density at radius 1 is 0.867 bits per heavy atom. The van der Waals surface area contributed by atoms with E-state index in [1.165, 1.54) is 0 Å². The van der Waals surface area contributed by atoms with Crippen LogP contribution in [0.1, 0.15) is 12.8 Å². The minimum atomic E-state index is 0.234. The molecule has 0 radical (unpaired) electrons. The summed E-state index contributed by atoms with van der Waals surface area (Å²) in [5.41, 5.74) is 4.09. The highest BCUT2D eigenvalue weighted by molar-refractivity contribution is 5.93. The van der Waals surface area contributed by atoms with Crippen LogP contribution in [0, 0.1) is 0 Å². The number of fused-ring (bicyclic) bond motifs is 1. The summed E-state index contributed by atoms with van der Waals surface area (Å²) in [5.74, 6) is 1.45. The van der Waals surface area contributed by atoms with Crippen LogP contribution >= 0.6 is 0 Å². The number of para-hydroxylation sites is 1. The summed E-state index contributed by atoms with van der Waals surface area (Å²) in [6.07, 6.45) is 3.97. The summed E-state index contributed by atoms with van der Waals surface area (Å²) in [6, 6.07) is 24.4. The van der Waals surface area contributed by atoms with Crippen molar-refractivity contribution in [2.24, 2.45) is 0 Å². The van der Waals surface area contributed by atoms with Crippen LogP contribution in [-0.4, -0.2) is 29.3 Å². The first-order chi connectivity index (χ1) is 14.8. The van der Waals surface area contributed by atoms with Gasteiger partial charge in [0, 0.05) is 35.7 Å². The highest BCUT2D eigenvalue weighted by Gasteiger charge is 2.15. The predicted octanol–water partition coefficient (Wildman–Crippen LogP) is 5.60. The fraction of sp³-hybridized carbons (Fsp3) is 0.200. The molecule has 5 heteroatoms. The fourth-order valence-corrected chi connectivity index (χ4v) is 3.70. The molecule has 2 heterocycles. The van der Waals surface area contributed by atoms with E-state index in [0.29, 0.717) is 5.95 Å². The van der Waals surface area contributed by atoms with E-state index in [1.54, 1.807) is 0 Å². The third-order valence-corrected chi connectivity index (χ3v) is 5.28. The molecule has 3 aromatic carbocycles. The van der Waals surface area contributed by atoms with Crippen molar-refractivity contribution in [2.45, 2.75) is 18.9 Å². The van der Waals surface area contributed by atoms with E-state index in [4.69, 9.17) is 14.5 Å². The Balaban J connectivity index is 1.36. The Morgan fingerprint density at radius 3 is 2.47 bits per heavy atom. The van der Waals surface area contributed by atoms with Gasteiger partial charge in [0.1, 0.15) is 11.9 Å². The van der Waals surface area contributed by atoms with Crippen LogP contribution in [0.2, 0.25) is 0 Å². The van der Waals surface area contributed by atoms with Crippen molar-refractivity contribution >= 4 is 22.5 Å². The van der Waals surface area contributed by atoms with Crippen molar-refractivity contribution in [3.63, 3.8) is 0 Å². The van der Waals surface area contributed by atoms with Crippen LogP contribution in [0.25, 0.3) is 22.0 Å². The summed E-state index contributed by atoms with van der Waals surface area (Å²) in [7, 11) is 0. The van der Waals surface area contributed by atoms with E-state index in [2.05, 4.69) is 28.5 Å². The fourth-order valence-electron chi connectivity index (χ4n) is 3.70. The molecular weight excluding hydrogens is 374 g/mol. The normalized spacial score (nSPS) is 14.5. The molecule has 1 fully saturated rings. The number of nitrogens with zero attached hydrogens (tertiary/aromatic N) is 2. The maximum Gasteiger partial charge on any atom is 0.227 e. The lowest BCUT2D eigenvalue weighted by Crippen LogP contribution is -2.25. The van der Waals surface area contributed by atoms with Crippen LogP contribution in [-0.2, 0) is 4.74 Å². The molecule has 0 amide bonds. The lowest BCUT2D eigenvalue weighted by Gasteiger charge is -2.23. The molecule has 0 saturated carbocycles. The van der Waals surface area contributed by atoms with E-state index in [9.17, 15) is 0 Å². The molecule has 1 N–H and O–H groups in total. The number of anilines is 2. The number of benzene rings is 3. The molecule has 5 nitrogen and oxygen atoms in total. The van der Waals surface area contributed by atoms with Gasteiger partial charge in [0.05, 0.1) is 18.7 Å². The molecular formula is C25H23N3O2. The van der Waals surface area contributed by atoms with Crippen molar-refractivity contribution < 1.29 is 9.47 Å². The second kappa shape index (κ2) is 8.51. The zero-order chi connectivity index (χ0) is 20.2. The lowest BCUT2D eigenvalue weighted by molar-refractivity contribution is 0.0256. The molecule has 4 aromatic rings. The van der Waals surface area contributed by atoms with E-state index >= 15 is 0 Å². The summed E-state index contributed by atoms with van der Waals surface area (Å²) in [5, 5.41) is 4.32. The van der Waals surface area contributed by atoms with Crippen LogP contribution in [0.4, 0.5) is 11.6 Å². The molecule has 0 aliphatic carbocycles. The quantitative estimate of drug-likeness (QED) is 0.475. The van der Waals surface area contributed by atoms with Gasteiger partial charge in [0.25, 0.3) is 0 Å². The second-order valence-electron chi connectivity index (χ2n) is 7.38. The third-order valence-electron chi connectivity index (χ3n) is 5.28. The minimum Gasteiger partial charge on any atom is -0.490 e. The Labute approximate surface area is 175 Å². The first-order valence-corrected chi connectivity index (χ1v) is 10.3. The maximum absolute atomic E-state index is 6.04. The van der Waals surface area contributed by atoms with Gasteiger partial charge < -0.3 is 14.8 Å². The maximum atomic E-state index is 6.04. The van der Waals surface area contributed by atoms with Gasteiger partial charge in [0.15, 0.2) is 0 Å². The van der Waals surface area contributed by atoms with Gasteiger partial charge in [-0.1, -0.05) is 48.5 Å². The van der Waals surface area contributed by atoms with E-state index in [1.807, 2.05) is 60.8 Å². The third kappa shape index (κ3) is 4.11. The summed E-state index contributed by atoms with van der Waals surface area (Å²) in [6.45, 7) is 1.54. The minimum absolute atomic E-state index is 0.234. The average Bonchev–Trinajstić information content (AvgIpc) is 2.81. The highest BCUT2D eigenvalue weighted by atomic mass is 16.5. The molecule has 1 aliphatic rings. The molecule has 150 valence electrons. The van der Waals surface area contributed by atoms with Gasteiger partial charge in [-0.2, -0.15) is 0 Å². The standard InChI is InChI=1S/C25H23N3O2/c1-2-5-18(6-3-1)23-8-4-7-19-17-26-25(28-24(19)23)27-20-9-11-21(12-10-20)30-22-13-15-29-16-14-22/h1-12,17,22H,13-16H2,(H,26,27,28). The van der Waals surface area contributed by atoms with Gasteiger partial charge >= 0.3 is 0 Å². The van der Waals surface area contributed by atoms with E-state index in [-0.39, 0.29) is 6.10 Å². The van der Waals surface area contributed by atoms with Gasteiger partial charge in [-0.15, -0.1) is 0 Å². The lowest BCUT2D eigenvalue weighted by atomic mass is 10.0. The monoisotopic (exact) mass is 397 g/mol. The number of aromatic nitrogens is 2. The summed E-state index contributed by atoms with van der Waals surface area (Å²) >= 11 is 0. The largest absolute Gasteiger partial charge is 0.490 e. The van der Waals surface area contributed by atoms with Gasteiger partial charge in [-0.25, -0.2) is 9.97 Å². The van der Waals surface area contributed by atoms with Gasteiger partial charge in [0.2, 0.25) is 5.95 Å². The van der Waals surface area contributed by atoms with Gasteiger partial charge in [-0.05, 0) is 29.8 Å². The molecule has 0 spiro atoms. The van der Waals surface area contributed by atoms with Crippen molar-refractivity contribution in [1.29, 1.82) is 0 Å². The molecule has 1 saturated heterocycles. The van der Waals surface area contributed by atoms with Crippen molar-refractivity contribution in [1.82, 2.24) is 9.97 Å². The van der Waals surface area contributed by atoms with Crippen LogP contribution in [0.15, 0.2) is 79.0 Å². The van der Waals surface area contributed by atoms with Gasteiger partial charge in [-0.3, -0.25) is 0 Å². The predicted molar refractivity (Wildman–Crippen MR) is 119 cm³/mol. The highest BCUT2D eigenvalue weighted by Crippen LogP contribution is 2.28. The van der Waals surface area contributed by atoms with Crippen molar-refractivity contribution in [2.75, 3.05) is 18.5 Å². The average molecular weight is 397 g/mol. The zero-order valence-corrected chi connectivity index (χ0v) is 16.6. The molecule has 5 rings (SSSR count). The number of nitrogens with one attached hydrogen (secondary N) is 1. The molecule has 0 atom stereocenters. The smallest absolute Gasteiger partial charge is 0.227 e. The van der Waals surface area contributed by atoms with E-state index in [0.717, 1.165) is 59.5 Å². The number of rotatable bonds is 5. The van der Waals surface area contributed by atoms with Crippen molar-refractivity contribution in [3.8, 4) is 16.9 Å². The Morgan fingerprint density at radius 2 is 1.67 bits per heavy atom. The van der Waals surface area contributed by atoms with Crippen LogP contribution in [0.5, 0.6) is 5.75 Å². The molecule has 1 aliphatic heterocycles. The summed E-state index contributed by atoms with van der Waals surface area (Å²) in [4.78, 5) is 9.28. The topological polar surface area (TPSA) is 56.3 Å². The second-order valence-corrected chi connectivity index (χ2v) is 7.38. The number of hydrogen-bond donors (Lipinski definition) is 1. The molecule has 0 bridgehead atoms. The zero-order valence-electron chi connectivity index (χ0n) is 16.6. The Bertz CT molecular complexity index is 1120. The summed E-state index contributed by atoms with van der Waals surface area (Å²) < 4.78 is 11.4.